The Balaban J connectivity index is 1.74. The molecule has 0 bridgehead atoms. The molecule has 0 saturated carbocycles. The van der Waals surface area contributed by atoms with E-state index in [2.05, 4.69) is 10.2 Å². The fourth-order valence-corrected chi connectivity index (χ4v) is 2.61. The Morgan fingerprint density at radius 1 is 1.22 bits per heavy atom. The smallest absolute Gasteiger partial charge is 0.410 e. The van der Waals surface area contributed by atoms with E-state index in [4.69, 9.17) is 20.9 Å². The maximum atomic E-state index is 12.1. The number of carbonyl (C=O) groups is 1. The van der Waals surface area contributed by atoms with E-state index in [-0.39, 0.29) is 18.2 Å². The summed E-state index contributed by atoms with van der Waals surface area (Å²) in [5.74, 6) is -0.0750. The summed E-state index contributed by atoms with van der Waals surface area (Å²) in [5.41, 5.74) is 11.9. The predicted molar refractivity (Wildman–Crippen MR) is 105 cm³/mol. The highest BCUT2D eigenvalue weighted by Gasteiger charge is 2.27. The summed E-state index contributed by atoms with van der Waals surface area (Å²) in [5, 5.41) is 7.33. The Morgan fingerprint density at radius 3 is 2.41 bits per heavy atom. The maximum absolute atomic E-state index is 12.1. The number of amides is 1. The average molecular weight is 375 g/mol. The molecule has 1 aliphatic rings. The highest BCUT2D eigenvalue weighted by atomic mass is 16.6. The first-order valence-electron chi connectivity index (χ1n) is 9.03. The number of rotatable bonds is 5. The van der Waals surface area contributed by atoms with Gasteiger partial charge in [0, 0.05) is 13.1 Å². The molecule has 4 N–H and O–H groups in total. The molecule has 8 heteroatoms. The first kappa shape index (κ1) is 20.7. The lowest BCUT2D eigenvalue weighted by atomic mass is 10.1. The van der Waals surface area contributed by atoms with Gasteiger partial charge >= 0.3 is 6.09 Å². The van der Waals surface area contributed by atoms with Gasteiger partial charge in [-0.2, -0.15) is 5.10 Å². The molecule has 0 unspecified atom stereocenters. The molecule has 0 aromatic heterocycles. The lowest BCUT2D eigenvalue weighted by Crippen LogP contribution is -2.43. The quantitative estimate of drug-likeness (QED) is 0.465. The summed E-state index contributed by atoms with van der Waals surface area (Å²) < 4.78 is 11.4. The Labute approximate surface area is 160 Å². The molecule has 1 aliphatic heterocycles. The molecule has 2 rings (SSSR count). The normalized spacial score (nSPS) is 15.7. The van der Waals surface area contributed by atoms with Crippen LogP contribution in [0.15, 0.2) is 34.5 Å². The Morgan fingerprint density at radius 2 is 1.85 bits per heavy atom. The number of nitrogens with two attached hydrogens (primary N) is 2. The van der Waals surface area contributed by atoms with Crippen molar-refractivity contribution in [2.24, 2.45) is 21.7 Å². The van der Waals surface area contributed by atoms with Crippen molar-refractivity contribution < 1.29 is 14.3 Å². The van der Waals surface area contributed by atoms with E-state index in [0.29, 0.717) is 19.7 Å². The molecule has 1 fully saturated rings. The van der Waals surface area contributed by atoms with Crippen LogP contribution in [0.5, 0.6) is 0 Å². The number of piperidine rings is 1. The summed E-state index contributed by atoms with van der Waals surface area (Å²) in [7, 11) is 0. The minimum atomic E-state index is -0.468. The second-order valence-electron chi connectivity index (χ2n) is 7.49. The minimum absolute atomic E-state index is 0.0750. The summed E-state index contributed by atoms with van der Waals surface area (Å²) >= 11 is 0. The standard InChI is InChI=1S/C19H29N5O3/c1-19(2,3)27-18(25)24-10-8-16(9-11-24)26-13-15-6-4-14(5-7-15)12-22-23-17(20)21/h4-7,12,16H,8-11,13H2,1-3H3,(H4,20,21,23). The van der Waals surface area contributed by atoms with Crippen molar-refractivity contribution in [3.05, 3.63) is 35.4 Å². The molecule has 148 valence electrons. The highest BCUT2D eigenvalue weighted by molar-refractivity contribution is 5.81. The van der Waals surface area contributed by atoms with E-state index in [9.17, 15) is 4.79 Å². The molecule has 0 aliphatic carbocycles. The van der Waals surface area contributed by atoms with Gasteiger partial charge in [0.1, 0.15) is 5.60 Å². The van der Waals surface area contributed by atoms with Crippen LogP contribution in [-0.2, 0) is 16.1 Å². The van der Waals surface area contributed by atoms with Crippen molar-refractivity contribution in [3.8, 4) is 0 Å². The zero-order valence-electron chi connectivity index (χ0n) is 16.2. The third-order valence-electron chi connectivity index (χ3n) is 3.94. The molecule has 1 aromatic carbocycles. The molecule has 1 aromatic rings. The summed E-state index contributed by atoms with van der Waals surface area (Å²) in [6, 6.07) is 7.81. The molecule has 27 heavy (non-hydrogen) atoms. The molecule has 0 spiro atoms. The van der Waals surface area contributed by atoms with Gasteiger partial charge in [-0.1, -0.05) is 24.3 Å². The van der Waals surface area contributed by atoms with E-state index in [1.54, 1.807) is 11.1 Å². The maximum Gasteiger partial charge on any atom is 0.410 e. The van der Waals surface area contributed by atoms with Gasteiger partial charge in [-0.3, -0.25) is 0 Å². The SMILES string of the molecule is CC(C)(C)OC(=O)N1CCC(OCc2ccc(C=NN=C(N)N)cc2)CC1. The zero-order chi connectivity index (χ0) is 19.9. The van der Waals surface area contributed by atoms with Crippen molar-refractivity contribution in [2.75, 3.05) is 13.1 Å². The van der Waals surface area contributed by atoms with Crippen LogP contribution in [0.2, 0.25) is 0 Å². The molecular formula is C19H29N5O3. The summed E-state index contributed by atoms with van der Waals surface area (Å²) in [4.78, 5) is 13.8. The average Bonchev–Trinajstić information content (AvgIpc) is 2.60. The Kier molecular flexibility index (Phi) is 7.18. The number of benzene rings is 1. The molecular weight excluding hydrogens is 346 g/mol. The largest absolute Gasteiger partial charge is 0.444 e. The lowest BCUT2D eigenvalue weighted by Gasteiger charge is -2.33. The van der Waals surface area contributed by atoms with Gasteiger partial charge in [-0.25, -0.2) is 4.79 Å². The first-order chi connectivity index (χ1) is 12.7. The Bertz CT molecular complexity index is 668. The molecule has 0 atom stereocenters. The van der Waals surface area contributed by atoms with Crippen LogP contribution < -0.4 is 11.5 Å². The number of guanidine groups is 1. The summed E-state index contributed by atoms with van der Waals surface area (Å²) in [6.07, 6.45) is 3.09. The number of hydrogen-bond acceptors (Lipinski definition) is 5. The second kappa shape index (κ2) is 9.36. The van der Waals surface area contributed by atoms with Crippen LogP contribution in [0, 0.1) is 0 Å². The van der Waals surface area contributed by atoms with E-state index >= 15 is 0 Å². The monoisotopic (exact) mass is 375 g/mol. The lowest BCUT2D eigenvalue weighted by molar-refractivity contribution is -0.0170. The van der Waals surface area contributed by atoms with Crippen molar-refractivity contribution in [1.82, 2.24) is 4.90 Å². The Hall–Kier alpha value is -2.61. The minimum Gasteiger partial charge on any atom is -0.444 e. The van der Waals surface area contributed by atoms with Crippen LogP contribution in [0.4, 0.5) is 4.79 Å². The van der Waals surface area contributed by atoms with Crippen LogP contribution >= 0.6 is 0 Å². The van der Waals surface area contributed by atoms with Crippen molar-refractivity contribution >= 4 is 18.3 Å². The van der Waals surface area contributed by atoms with E-state index in [1.807, 2.05) is 45.0 Å². The van der Waals surface area contributed by atoms with Crippen molar-refractivity contribution in [2.45, 2.75) is 51.9 Å². The summed E-state index contributed by atoms with van der Waals surface area (Å²) in [6.45, 7) is 7.46. The van der Waals surface area contributed by atoms with E-state index in [0.717, 1.165) is 24.0 Å². The van der Waals surface area contributed by atoms with E-state index < -0.39 is 5.60 Å². The zero-order valence-corrected chi connectivity index (χ0v) is 16.2. The second-order valence-corrected chi connectivity index (χ2v) is 7.49. The number of hydrogen-bond donors (Lipinski definition) is 2. The number of carbonyl (C=O) groups excluding carboxylic acids is 1. The van der Waals surface area contributed by atoms with Gasteiger partial charge in [0.15, 0.2) is 0 Å². The van der Waals surface area contributed by atoms with E-state index in [1.165, 1.54) is 0 Å². The van der Waals surface area contributed by atoms with Crippen LogP contribution in [0.1, 0.15) is 44.7 Å². The van der Waals surface area contributed by atoms with Gasteiger partial charge in [0.05, 0.1) is 18.9 Å². The van der Waals surface area contributed by atoms with Gasteiger partial charge in [-0.05, 0) is 44.7 Å². The number of nitrogens with zero attached hydrogens (tertiary/aromatic N) is 3. The molecule has 1 saturated heterocycles. The third kappa shape index (κ3) is 7.65. The van der Waals surface area contributed by atoms with Gasteiger partial charge in [0.2, 0.25) is 5.96 Å². The van der Waals surface area contributed by atoms with Gasteiger partial charge in [0.25, 0.3) is 0 Å². The van der Waals surface area contributed by atoms with Crippen molar-refractivity contribution in [3.63, 3.8) is 0 Å². The fraction of sp³-hybridized carbons (Fsp3) is 0.526. The number of likely N-dealkylation sites (tertiary alicyclic amines) is 1. The van der Waals surface area contributed by atoms with Crippen LogP contribution in [0.25, 0.3) is 0 Å². The molecule has 0 radical (unpaired) electrons. The highest BCUT2D eigenvalue weighted by Crippen LogP contribution is 2.18. The first-order valence-corrected chi connectivity index (χ1v) is 9.03. The number of ether oxygens (including phenoxy) is 2. The van der Waals surface area contributed by atoms with Crippen LogP contribution in [0.3, 0.4) is 0 Å². The molecule has 1 amide bonds. The van der Waals surface area contributed by atoms with Crippen LogP contribution in [-0.4, -0.2) is 48.0 Å². The van der Waals surface area contributed by atoms with Gasteiger partial charge in [-0.15, -0.1) is 5.10 Å². The fourth-order valence-electron chi connectivity index (χ4n) is 2.61. The topological polar surface area (TPSA) is 116 Å². The van der Waals surface area contributed by atoms with Gasteiger partial charge < -0.3 is 25.8 Å². The third-order valence-corrected chi connectivity index (χ3v) is 3.94. The molecule has 8 nitrogen and oxygen atoms in total. The molecule has 1 heterocycles. The van der Waals surface area contributed by atoms with Crippen molar-refractivity contribution in [1.29, 1.82) is 0 Å². The predicted octanol–water partition coefficient (Wildman–Crippen LogP) is 2.21.